The predicted molar refractivity (Wildman–Crippen MR) is 134 cm³/mol. The monoisotopic (exact) mass is 478 g/mol. The molecule has 0 aliphatic rings. The van der Waals surface area contributed by atoms with Crippen LogP contribution in [0.25, 0.3) is 17.1 Å². The van der Waals surface area contributed by atoms with Gasteiger partial charge in [-0.2, -0.15) is 0 Å². The molecule has 0 saturated carbocycles. The Labute approximate surface area is 202 Å². The van der Waals surface area contributed by atoms with E-state index in [1.165, 1.54) is 11.8 Å². The Morgan fingerprint density at radius 1 is 1.06 bits per heavy atom. The van der Waals surface area contributed by atoms with Gasteiger partial charge >= 0.3 is 0 Å². The summed E-state index contributed by atoms with van der Waals surface area (Å²) in [5.74, 6) is 1.54. The molecule has 1 heterocycles. The number of aromatic nitrogens is 3. The minimum Gasteiger partial charge on any atom is -0.494 e. The summed E-state index contributed by atoms with van der Waals surface area (Å²) in [6.07, 6.45) is 0. The van der Waals surface area contributed by atoms with Gasteiger partial charge in [-0.1, -0.05) is 35.5 Å². The third-order valence-electron chi connectivity index (χ3n) is 4.78. The van der Waals surface area contributed by atoms with Gasteiger partial charge in [0.25, 0.3) is 0 Å². The van der Waals surface area contributed by atoms with Crippen molar-refractivity contribution in [1.82, 2.24) is 14.8 Å². The minimum atomic E-state index is -0.111. The van der Waals surface area contributed by atoms with E-state index in [1.807, 2.05) is 91.2 Å². The number of carbonyl (C=O) groups is 1. The zero-order chi connectivity index (χ0) is 23.2. The number of ether oxygens (including phenoxy) is 1. The Morgan fingerprint density at radius 2 is 1.82 bits per heavy atom. The molecule has 33 heavy (non-hydrogen) atoms. The molecule has 0 atom stereocenters. The lowest BCUT2D eigenvalue weighted by molar-refractivity contribution is -0.113. The SMILES string of the molecule is CCOc1ccc(-n2c(SCC(=O)Nc3cccc(C)c3)nnc2-c2ccc(Cl)cc2)cc1. The van der Waals surface area contributed by atoms with E-state index >= 15 is 0 Å². The number of amides is 1. The van der Waals surface area contributed by atoms with E-state index in [0.717, 1.165) is 28.3 Å². The van der Waals surface area contributed by atoms with E-state index < -0.39 is 0 Å². The third-order valence-corrected chi connectivity index (χ3v) is 5.96. The summed E-state index contributed by atoms with van der Waals surface area (Å²) < 4.78 is 7.50. The molecule has 168 valence electrons. The number of nitrogens with zero attached hydrogens (tertiary/aromatic N) is 3. The minimum absolute atomic E-state index is 0.111. The van der Waals surface area contributed by atoms with E-state index in [9.17, 15) is 4.79 Å². The first-order valence-electron chi connectivity index (χ1n) is 10.5. The van der Waals surface area contributed by atoms with Crippen LogP contribution in [0.4, 0.5) is 5.69 Å². The van der Waals surface area contributed by atoms with Crippen molar-refractivity contribution in [2.45, 2.75) is 19.0 Å². The van der Waals surface area contributed by atoms with Crippen molar-refractivity contribution in [3.63, 3.8) is 0 Å². The molecule has 0 radical (unpaired) electrons. The van der Waals surface area contributed by atoms with Crippen molar-refractivity contribution in [2.75, 3.05) is 17.7 Å². The molecule has 0 aliphatic carbocycles. The molecule has 0 saturated heterocycles. The molecular weight excluding hydrogens is 456 g/mol. The van der Waals surface area contributed by atoms with Gasteiger partial charge in [-0.3, -0.25) is 9.36 Å². The summed E-state index contributed by atoms with van der Waals surface area (Å²) in [4.78, 5) is 12.6. The molecular formula is C25H23ClN4O2S. The van der Waals surface area contributed by atoms with Crippen LogP contribution in [-0.4, -0.2) is 33.0 Å². The Kier molecular flexibility index (Phi) is 7.32. The first-order valence-corrected chi connectivity index (χ1v) is 11.8. The first kappa shape index (κ1) is 22.9. The number of halogens is 1. The smallest absolute Gasteiger partial charge is 0.234 e. The largest absolute Gasteiger partial charge is 0.494 e. The summed E-state index contributed by atoms with van der Waals surface area (Å²) in [5.41, 5.74) is 3.60. The second-order valence-electron chi connectivity index (χ2n) is 7.28. The molecule has 1 N–H and O–H groups in total. The van der Waals surface area contributed by atoms with Crippen LogP contribution >= 0.6 is 23.4 Å². The quantitative estimate of drug-likeness (QED) is 0.313. The van der Waals surface area contributed by atoms with Crippen molar-refractivity contribution < 1.29 is 9.53 Å². The fourth-order valence-electron chi connectivity index (χ4n) is 3.29. The van der Waals surface area contributed by atoms with E-state index in [1.54, 1.807) is 0 Å². The molecule has 4 aromatic rings. The van der Waals surface area contributed by atoms with Crippen LogP contribution in [0.2, 0.25) is 5.02 Å². The van der Waals surface area contributed by atoms with Crippen LogP contribution < -0.4 is 10.1 Å². The summed E-state index contributed by atoms with van der Waals surface area (Å²) in [7, 11) is 0. The number of hydrogen-bond donors (Lipinski definition) is 1. The van der Waals surface area contributed by atoms with Crippen molar-refractivity contribution in [2.24, 2.45) is 0 Å². The highest BCUT2D eigenvalue weighted by Crippen LogP contribution is 2.29. The molecule has 6 nitrogen and oxygen atoms in total. The van der Waals surface area contributed by atoms with Crippen LogP contribution in [0.1, 0.15) is 12.5 Å². The molecule has 1 amide bonds. The van der Waals surface area contributed by atoms with Crippen LogP contribution in [0.5, 0.6) is 5.75 Å². The number of anilines is 1. The predicted octanol–water partition coefficient (Wildman–Crippen LogP) is 6.03. The Balaban J connectivity index is 1.60. The highest BCUT2D eigenvalue weighted by molar-refractivity contribution is 7.99. The summed E-state index contributed by atoms with van der Waals surface area (Å²) in [6.45, 7) is 4.53. The van der Waals surface area contributed by atoms with Gasteiger partial charge in [0.05, 0.1) is 12.4 Å². The highest BCUT2D eigenvalue weighted by atomic mass is 35.5. The van der Waals surface area contributed by atoms with Crippen molar-refractivity contribution in [3.05, 3.63) is 83.4 Å². The van der Waals surface area contributed by atoms with Crippen LogP contribution in [0.3, 0.4) is 0 Å². The third kappa shape index (κ3) is 5.74. The van der Waals surface area contributed by atoms with Crippen molar-refractivity contribution in [1.29, 1.82) is 0 Å². The molecule has 0 aliphatic heterocycles. The van der Waals surface area contributed by atoms with Gasteiger partial charge in [-0.05, 0) is 80.1 Å². The Bertz CT molecular complexity index is 1240. The van der Waals surface area contributed by atoms with Gasteiger partial charge in [0.2, 0.25) is 5.91 Å². The van der Waals surface area contributed by atoms with Gasteiger partial charge in [0.1, 0.15) is 5.75 Å². The molecule has 0 fully saturated rings. The van der Waals surface area contributed by atoms with Gasteiger partial charge in [-0.15, -0.1) is 10.2 Å². The molecule has 0 spiro atoms. The second-order valence-corrected chi connectivity index (χ2v) is 8.66. The zero-order valence-electron chi connectivity index (χ0n) is 18.3. The highest BCUT2D eigenvalue weighted by Gasteiger charge is 2.17. The fourth-order valence-corrected chi connectivity index (χ4v) is 4.17. The maximum atomic E-state index is 12.6. The number of benzene rings is 3. The first-order chi connectivity index (χ1) is 16.0. The normalized spacial score (nSPS) is 10.8. The molecule has 8 heteroatoms. The molecule has 1 aromatic heterocycles. The van der Waals surface area contributed by atoms with Crippen molar-refractivity contribution in [3.8, 4) is 22.8 Å². The van der Waals surface area contributed by atoms with Crippen LogP contribution in [0.15, 0.2) is 78.0 Å². The molecule has 0 bridgehead atoms. The Hall–Kier alpha value is -3.29. The average molecular weight is 479 g/mol. The number of rotatable bonds is 8. The lowest BCUT2D eigenvalue weighted by atomic mass is 10.2. The maximum Gasteiger partial charge on any atom is 0.234 e. The molecule has 3 aromatic carbocycles. The number of aryl methyl sites for hydroxylation is 1. The molecule has 0 unspecified atom stereocenters. The Morgan fingerprint density at radius 3 is 2.52 bits per heavy atom. The summed E-state index contributed by atoms with van der Waals surface area (Å²) >= 11 is 7.39. The lowest BCUT2D eigenvalue weighted by Gasteiger charge is -2.12. The second kappa shape index (κ2) is 10.6. The van der Waals surface area contributed by atoms with Gasteiger partial charge in [0.15, 0.2) is 11.0 Å². The average Bonchev–Trinajstić information content (AvgIpc) is 3.23. The number of nitrogens with one attached hydrogen (secondary N) is 1. The van der Waals surface area contributed by atoms with Gasteiger partial charge in [0, 0.05) is 22.0 Å². The number of thioether (sulfide) groups is 1. The van der Waals surface area contributed by atoms with Crippen molar-refractivity contribution >= 4 is 35.0 Å². The fraction of sp³-hybridized carbons (Fsp3) is 0.160. The number of carbonyl (C=O) groups excluding carboxylic acids is 1. The van der Waals surface area contributed by atoms with Crippen LogP contribution in [-0.2, 0) is 4.79 Å². The number of hydrogen-bond acceptors (Lipinski definition) is 5. The maximum absolute atomic E-state index is 12.6. The standard InChI is InChI=1S/C25H23ClN4O2S/c1-3-32-22-13-11-21(12-14-22)30-24(18-7-9-19(26)10-8-18)28-29-25(30)33-16-23(31)27-20-6-4-5-17(2)15-20/h4-15H,3,16H2,1-2H3,(H,27,31). The topological polar surface area (TPSA) is 69.0 Å². The summed E-state index contributed by atoms with van der Waals surface area (Å²) in [6, 6.07) is 22.8. The van der Waals surface area contributed by atoms with Crippen LogP contribution in [0, 0.1) is 6.92 Å². The van der Waals surface area contributed by atoms with E-state index in [0.29, 0.717) is 22.6 Å². The van der Waals surface area contributed by atoms with E-state index in [2.05, 4.69) is 15.5 Å². The van der Waals surface area contributed by atoms with Gasteiger partial charge in [-0.25, -0.2) is 0 Å². The van der Waals surface area contributed by atoms with Gasteiger partial charge < -0.3 is 10.1 Å². The lowest BCUT2D eigenvalue weighted by Crippen LogP contribution is -2.14. The summed E-state index contributed by atoms with van der Waals surface area (Å²) in [5, 5.41) is 13.0. The zero-order valence-corrected chi connectivity index (χ0v) is 19.9. The molecule has 4 rings (SSSR count). The van der Waals surface area contributed by atoms with E-state index in [4.69, 9.17) is 16.3 Å². The van der Waals surface area contributed by atoms with E-state index in [-0.39, 0.29) is 11.7 Å².